The Kier molecular flexibility index (Phi) is 3.56. The second-order valence-corrected chi connectivity index (χ2v) is 12.2. The second-order valence-electron chi connectivity index (χ2n) is 12.2. The van der Waals surface area contributed by atoms with Crippen LogP contribution in [0.25, 0.3) is 0 Å². The van der Waals surface area contributed by atoms with Gasteiger partial charge in [0.05, 0.1) is 17.3 Å². The fourth-order valence-corrected chi connectivity index (χ4v) is 10.1. The Morgan fingerprint density at radius 2 is 1.61 bits per heavy atom. The van der Waals surface area contributed by atoms with Crippen molar-refractivity contribution in [3.8, 4) is 0 Å². The van der Waals surface area contributed by atoms with Crippen LogP contribution in [0, 0.1) is 52.3 Å². The van der Waals surface area contributed by atoms with E-state index < -0.39 is 11.2 Å². The van der Waals surface area contributed by atoms with E-state index in [2.05, 4.69) is 13.8 Å². The van der Waals surface area contributed by atoms with Gasteiger partial charge in [-0.2, -0.15) is 0 Å². The summed E-state index contributed by atoms with van der Waals surface area (Å²) in [7, 11) is 0. The maximum Gasteiger partial charge on any atom is 0.0759 e. The maximum atomic E-state index is 11.9. The minimum absolute atomic E-state index is 0.0238. The van der Waals surface area contributed by atoms with Crippen LogP contribution in [0.2, 0.25) is 0 Å². The topological polar surface area (TPSA) is 80.9 Å². The summed E-state index contributed by atoms with van der Waals surface area (Å²) in [6.45, 7) is 4.87. The van der Waals surface area contributed by atoms with Crippen molar-refractivity contribution in [2.45, 2.75) is 88.9 Å². The van der Waals surface area contributed by atoms with Crippen LogP contribution >= 0.6 is 0 Å². The lowest BCUT2D eigenvalue weighted by Gasteiger charge is -2.64. The quantitative estimate of drug-likeness (QED) is 0.597. The molecule has 4 N–H and O–H groups in total. The molecular weight excluding hydrogens is 352 g/mol. The Morgan fingerprint density at radius 3 is 2.36 bits per heavy atom. The van der Waals surface area contributed by atoms with Gasteiger partial charge in [0.2, 0.25) is 0 Å². The third-order valence-corrected chi connectivity index (χ3v) is 11.5. The van der Waals surface area contributed by atoms with E-state index in [1.807, 2.05) is 0 Å². The molecular formula is C24H38O4. The number of rotatable bonds is 3. The molecule has 0 radical (unpaired) electrons. The predicted molar refractivity (Wildman–Crippen MR) is 105 cm³/mol. The molecule has 0 saturated heterocycles. The Balaban J connectivity index is 1.38. The molecule has 12 atom stereocenters. The second kappa shape index (κ2) is 5.36. The SMILES string of the molecule is C[C@]12CC[C@H]3[C@@H]([C@H]4C[C@H]4[C@]4(O)C[C@@H](O)CC[C@]34C)[C@@H]1[C@@H]1C[C@@H]1[C@@]2(O)CCCO. The van der Waals surface area contributed by atoms with Crippen molar-refractivity contribution in [1.29, 1.82) is 0 Å². The van der Waals surface area contributed by atoms with Gasteiger partial charge in [-0.25, -0.2) is 0 Å². The number of aliphatic hydroxyl groups excluding tert-OH is 2. The Hall–Kier alpha value is -0.160. The first-order valence-electron chi connectivity index (χ1n) is 11.9. The lowest BCUT2D eigenvalue weighted by atomic mass is 9.42. The van der Waals surface area contributed by atoms with Crippen molar-refractivity contribution >= 4 is 0 Å². The van der Waals surface area contributed by atoms with Gasteiger partial charge in [-0.15, -0.1) is 0 Å². The monoisotopic (exact) mass is 390 g/mol. The van der Waals surface area contributed by atoms with Gasteiger partial charge < -0.3 is 20.4 Å². The molecule has 6 rings (SSSR count). The van der Waals surface area contributed by atoms with Crippen molar-refractivity contribution in [2.24, 2.45) is 52.3 Å². The molecule has 0 heterocycles. The zero-order valence-electron chi connectivity index (χ0n) is 17.5. The first-order chi connectivity index (χ1) is 13.2. The molecule has 0 aromatic rings. The third-order valence-electron chi connectivity index (χ3n) is 11.5. The molecule has 6 aliphatic rings. The molecule has 28 heavy (non-hydrogen) atoms. The molecule has 0 aliphatic heterocycles. The summed E-state index contributed by atoms with van der Waals surface area (Å²) < 4.78 is 0. The average molecular weight is 391 g/mol. The molecule has 0 amide bonds. The molecule has 0 spiro atoms. The van der Waals surface area contributed by atoms with Crippen LogP contribution in [0.3, 0.4) is 0 Å². The van der Waals surface area contributed by atoms with E-state index in [-0.39, 0.29) is 23.5 Å². The van der Waals surface area contributed by atoms with Crippen molar-refractivity contribution in [3.63, 3.8) is 0 Å². The number of fused-ring (bicyclic) bond motifs is 10. The fraction of sp³-hybridized carbons (Fsp3) is 1.00. The van der Waals surface area contributed by atoms with E-state index >= 15 is 0 Å². The van der Waals surface area contributed by atoms with Gasteiger partial charge in [-0.1, -0.05) is 13.8 Å². The molecule has 0 aromatic carbocycles. The van der Waals surface area contributed by atoms with Gasteiger partial charge in [0, 0.05) is 13.0 Å². The van der Waals surface area contributed by atoms with Crippen LogP contribution in [0.4, 0.5) is 0 Å². The zero-order valence-corrected chi connectivity index (χ0v) is 17.5. The summed E-state index contributed by atoms with van der Waals surface area (Å²) in [6.07, 6.45) is 7.91. The minimum Gasteiger partial charge on any atom is -0.396 e. The smallest absolute Gasteiger partial charge is 0.0759 e. The highest BCUT2D eigenvalue weighted by atomic mass is 16.3. The van der Waals surface area contributed by atoms with E-state index in [9.17, 15) is 20.4 Å². The number of aliphatic hydroxyl groups is 4. The van der Waals surface area contributed by atoms with Gasteiger partial charge in [0.15, 0.2) is 0 Å². The first kappa shape index (κ1) is 18.6. The highest BCUT2D eigenvalue weighted by molar-refractivity contribution is 5.29. The minimum atomic E-state index is -0.682. The Morgan fingerprint density at radius 1 is 0.893 bits per heavy atom. The summed E-state index contributed by atoms with van der Waals surface area (Å²) in [4.78, 5) is 0. The van der Waals surface area contributed by atoms with Crippen LogP contribution in [0.5, 0.6) is 0 Å². The van der Waals surface area contributed by atoms with E-state index in [0.29, 0.717) is 54.3 Å². The maximum absolute atomic E-state index is 11.9. The lowest BCUT2D eigenvalue weighted by molar-refractivity contribution is -0.237. The van der Waals surface area contributed by atoms with Crippen LogP contribution in [-0.4, -0.2) is 44.3 Å². The lowest BCUT2D eigenvalue weighted by Crippen LogP contribution is -2.65. The molecule has 6 fully saturated rings. The first-order valence-corrected chi connectivity index (χ1v) is 11.9. The highest BCUT2D eigenvalue weighted by Crippen LogP contribution is 2.82. The summed E-state index contributed by atoms with van der Waals surface area (Å²) in [5.41, 5.74) is -1.38. The van der Waals surface area contributed by atoms with Crippen molar-refractivity contribution in [1.82, 2.24) is 0 Å². The van der Waals surface area contributed by atoms with Crippen LogP contribution in [0.15, 0.2) is 0 Å². The largest absolute Gasteiger partial charge is 0.396 e. The predicted octanol–water partition coefficient (Wildman–Crippen LogP) is 2.72. The van der Waals surface area contributed by atoms with Gasteiger partial charge in [0.1, 0.15) is 0 Å². The summed E-state index contributed by atoms with van der Waals surface area (Å²) in [5.74, 6) is 3.82. The number of hydrogen-bond acceptors (Lipinski definition) is 4. The molecule has 0 aromatic heterocycles. The van der Waals surface area contributed by atoms with Gasteiger partial charge in [-0.3, -0.25) is 0 Å². The van der Waals surface area contributed by atoms with Gasteiger partial charge in [0.25, 0.3) is 0 Å². The molecule has 6 saturated carbocycles. The van der Waals surface area contributed by atoms with Crippen molar-refractivity contribution < 1.29 is 20.4 Å². The van der Waals surface area contributed by atoms with Crippen LogP contribution in [0.1, 0.15) is 71.6 Å². The summed E-state index contributed by atoms with van der Waals surface area (Å²) in [5, 5.41) is 43.4. The summed E-state index contributed by atoms with van der Waals surface area (Å²) >= 11 is 0. The van der Waals surface area contributed by atoms with E-state index in [1.165, 1.54) is 6.42 Å². The van der Waals surface area contributed by atoms with Gasteiger partial charge in [-0.05, 0) is 104 Å². The number of hydrogen-bond donors (Lipinski definition) is 4. The summed E-state index contributed by atoms with van der Waals surface area (Å²) in [6, 6.07) is 0. The van der Waals surface area contributed by atoms with Gasteiger partial charge >= 0.3 is 0 Å². The normalized spacial score (nSPS) is 66.2. The fourth-order valence-electron chi connectivity index (χ4n) is 10.1. The van der Waals surface area contributed by atoms with E-state index in [1.54, 1.807) is 0 Å². The van der Waals surface area contributed by atoms with Crippen LogP contribution in [-0.2, 0) is 0 Å². The Bertz CT molecular complexity index is 696. The molecule has 0 unspecified atom stereocenters. The van der Waals surface area contributed by atoms with E-state index in [0.717, 1.165) is 38.5 Å². The van der Waals surface area contributed by atoms with Crippen molar-refractivity contribution in [2.75, 3.05) is 6.61 Å². The van der Waals surface area contributed by atoms with Crippen molar-refractivity contribution in [3.05, 3.63) is 0 Å². The molecule has 4 heteroatoms. The third kappa shape index (κ3) is 1.89. The average Bonchev–Trinajstić information content (AvgIpc) is 3.54. The molecule has 158 valence electrons. The molecule has 4 nitrogen and oxygen atoms in total. The molecule has 6 aliphatic carbocycles. The zero-order chi connectivity index (χ0) is 19.7. The highest BCUT2D eigenvalue weighted by Gasteiger charge is 2.80. The van der Waals surface area contributed by atoms with E-state index in [4.69, 9.17) is 0 Å². The standard InChI is InChI=1S/C24H38O4/c1-21-7-4-13(26)12-24(21,28)17-10-14(17)19-16(21)5-8-22(2)20(19)15-11-18(15)23(22,27)6-3-9-25/h13-20,25-28H,3-12H2,1-2H3/t13-,14-,15+,16-,17+,18-,19+,20-,21+,22-,23-,24+/m0/s1. The Labute approximate surface area is 168 Å². The van der Waals surface area contributed by atoms with Crippen LogP contribution < -0.4 is 0 Å². The molecule has 0 bridgehead atoms.